The van der Waals surface area contributed by atoms with E-state index in [9.17, 15) is 9.59 Å². The Morgan fingerprint density at radius 1 is 0.864 bits per heavy atom. The van der Waals surface area contributed by atoms with Crippen molar-refractivity contribution in [1.29, 1.82) is 0 Å². The molecule has 0 atom stereocenters. The Hall–Kier alpha value is -2.42. The van der Waals surface area contributed by atoms with E-state index in [1.54, 1.807) is 36.4 Å². The Bertz CT molecular complexity index is 649. The molecule has 0 N–H and O–H groups in total. The van der Waals surface area contributed by atoms with Gasteiger partial charge in [0.25, 0.3) is 0 Å². The van der Waals surface area contributed by atoms with Gasteiger partial charge in [0.2, 0.25) is 0 Å². The van der Waals surface area contributed by atoms with Crippen LogP contribution in [0.25, 0.3) is 0 Å². The Morgan fingerprint density at radius 2 is 1.41 bits per heavy atom. The highest BCUT2D eigenvalue weighted by atomic mass is 16.5. The number of Topliss-reactive ketones (excluding diaryl/α,β-unsaturated/α-hetero) is 1. The molecule has 0 aliphatic carbocycles. The number of ketones is 2. The molecule has 3 heteroatoms. The normalized spacial score (nSPS) is 11.0. The van der Waals surface area contributed by atoms with Crippen LogP contribution in [0.4, 0.5) is 0 Å². The fraction of sp³-hybridized carbons (Fsp3) is 0.263. The van der Waals surface area contributed by atoms with Crippen molar-refractivity contribution in [1.82, 2.24) is 0 Å². The van der Waals surface area contributed by atoms with Crippen molar-refractivity contribution in [3.63, 3.8) is 0 Å². The molecule has 0 bridgehead atoms. The Labute approximate surface area is 130 Å². The molecule has 0 aromatic heterocycles. The summed E-state index contributed by atoms with van der Waals surface area (Å²) in [6.45, 7) is 5.62. The van der Waals surface area contributed by atoms with Crippen LogP contribution in [-0.2, 0) is 4.79 Å². The van der Waals surface area contributed by atoms with Crippen molar-refractivity contribution in [3.05, 3.63) is 65.7 Å². The van der Waals surface area contributed by atoms with Gasteiger partial charge in [-0.15, -0.1) is 0 Å². The molecular weight excluding hydrogens is 276 g/mol. The van der Waals surface area contributed by atoms with Crippen molar-refractivity contribution in [2.45, 2.75) is 20.8 Å². The summed E-state index contributed by atoms with van der Waals surface area (Å²) in [5, 5.41) is 0. The SMILES string of the molecule is CC(C)(C)C(=O)COc1ccc(C(=O)c2ccccc2)cc1. The molecule has 2 aromatic rings. The van der Waals surface area contributed by atoms with Crippen LogP contribution in [0.2, 0.25) is 0 Å². The van der Waals surface area contributed by atoms with E-state index >= 15 is 0 Å². The first-order chi connectivity index (χ1) is 10.4. The van der Waals surface area contributed by atoms with Gasteiger partial charge < -0.3 is 4.74 Å². The van der Waals surface area contributed by atoms with Crippen LogP contribution in [0.3, 0.4) is 0 Å². The molecule has 2 rings (SSSR count). The highest BCUT2D eigenvalue weighted by Crippen LogP contribution is 2.18. The van der Waals surface area contributed by atoms with E-state index < -0.39 is 5.41 Å². The molecular formula is C19H20O3. The number of ether oxygens (including phenoxy) is 1. The minimum Gasteiger partial charge on any atom is -0.486 e. The van der Waals surface area contributed by atoms with E-state index in [1.807, 2.05) is 39.0 Å². The average Bonchev–Trinajstić information content (AvgIpc) is 2.52. The van der Waals surface area contributed by atoms with Gasteiger partial charge in [-0.25, -0.2) is 0 Å². The lowest BCUT2D eigenvalue weighted by Gasteiger charge is -2.16. The third-order valence-corrected chi connectivity index (χ3v) is 3.36. The van der Waals surface area contributed by atoms with Crippen LogP contribution in [0.5, 0.6) is 5.75 Å². The highest BCUT2D eigenvalue weighted by molar-refractivity contribution is 6.08. The topological polar surface area (TPSA) is 43.4 Å². The smallest absolute Gasteiger partial charge is 0.193 e. The van der Waals surface area contributed by atoms with E-state index in [2.05, 4.69) is 0 Å². The molecule has 22 heavy (non-hydrogen) atoms. The van der Waals surface area contributed by atoms with Gasteiger partial charge in [0.1, 0.15) is 12.4 Å². The third kappa shape index (κ3) is 4.04. The van der Waals surface area contributed by atoms with Gasteiger partial charge in [-0.1, -0.05) is 51.1 Å². The van der Waals surface area contributed by atoms with Gasteiger partial charge in [0.05, 0.1) is 0 Å². The maximum absolute atomic E-state index is 12.3. The second kappa shape index (κ2) is 6.56. The molecule has 0 radical (unpaired) electrons. The van der Waals surface area contributed by atoms with Crippen molar-refractivity contribution in [2.24, 2.45) is 5.41 Å². The Balaban J connectivity index is 2.02. The molecule has 114 valence electrons. The average molecular weight is 296 g/mol. The summed E-state index contributed by atoms with van der Waals surface area (Å²) in [6, 6.07) is 16.0. The maximum atomic E-state index is 12.3. The third-order valence-electron chi connectivity index (χ3n) is 3.36. The molecule has 2 aromatic carbocycles. The van der Waals surface area contributed by atoms with Gasteiger partial charge in [-0.2, -0.15) is 0 Å². The highest BCUT2D eigenvalue weighted by Gasteiger charge is 2.21. The van der Waals surface area contributed by atoms with Crippen LogP contribution in [0.15, 0.2) is 54.6 Å². The van der Waals surface area contributed by atoms with Crippen molar-refractivity contribution >= 4 is 11.6 Å². The molecule has 0 aliphatic rings. The molecule has 0 fully saturated rings. The number of hydrogen-bond acceptors (Lipinski definition) is 3. The van der Waals surface area contributed by atoms with Crippen LogP contribution >= 0.6 is 0 Å². The maximum Gasteiger partial charge on any atom is 0.193 e. The predicted octanol–water partition coefficient (Wildman–Crippen LogP) is 3.91. The zero-order chi connectivity index (χ0) is 16.2. The van der Waals surface area contributed by atoms with Crippen LogP contribution in [0.1, 0.15) is 36.7 Å². The van der Waals surface area contributed by atoms with Crippen molar-refractivity contribution in [3.8, 4) is 5.75 Å². The Morgan fingerprint density at radius 3 is 1.95 bits per heavy atom. The fourth-order valence-corrected chi connectivity index (χ4v) is 1.82. The molecule has 0 aliphatic heterocycles. The summed E-state index contributed by atoms with van der Waals surface area (Å²) in [5.41, 5.74) is 0.836. The summed E-state index contributed by atoms with van der Waals surface area (Å²) in [5.74, 6) is 0.595. The Kier molecular flexibility index (Phi) is 4.76. The van der Waals surface area contributed by atoms with Crippen LogP contribution < -0.4 is 4.74 Å². The summed E-state index contributed by atoms with van der Waals surface area (Å²) in [4.78, 5) is 24.1. The van der Waals surface area contributed by atoms with Crippen molar-refractivity contribution in [2.75, 3.05) is 6.61 Å². The van der Waals surface area contributed by atoms with Gasteiger partial charge in [-0.05, 0) is 24.3 Å². The number of benzene rings is 2. The van der Waals surface area contributed by atoms with Gasteiger partial charge in [-0.3, -0.25) is 9.59 Å². The van der Waals surface area contributed by atoms with E-state index in [-0.39, 0.29) is 18.2 Å². The lowest BCUT2D eigenvalue weighted by Crippen LogP contribution is -2.26. The minimum atomic E-state index is -0.413. The van der Waals surface area contributed by atoms with Crippen molar-refractivity contribution < 1.29 is 14.3 Å². The molecule has 0 spiro atoms. The molecule has 3 nitrogen and oxygen atoms in total. The van der Waals surface area contributed by atoms with E-state index in [1.165, 1.54) is 0 Å². The first kappa shape index (κ1) is 16.0. The van der Waals surface area contributed by atoms with Gasteiger partial charge in [0.15, 0.2) is 11.6 Å². The molecule has 0 amide bonds. The molecule has 0 saturated heterocycles. The largest absolute Gasteiger partial charge is 0.486 e. The van der Waals surface area contributed by atoms with Crippen LogP contribution in [0, 0.1) is 5.41 Å². The summed E-state index contributed by atoms with van der Waals surface area (Å²) in [7, 11) is 0. The van der Waals surface area contributed by atoms with E-state index in [4.69, 9.17) is 4.74 Å². The molecule has 0 saturated carbocycles. The fourth-order valence-electron chi connectivity index (χ4n) is 1.82. The zero-order valence-corrected chi connectivity index (χ0v) is 13.1. The number of carbonyl (C=O) groups excluding carboxylic acids is 2. The molecule has 0 unspecified atom stereocenters. The second-order valence-electron chi connectivity index (χ2n) is 6.18. The first-order valence-electron chi connectivity index (χ1n) is 7.24. The number of hydrogen-bond donors (Lipinski definition) is 0. The van der Waals surface area contributed by atoms with E-state index in [0.29, 0.717) is 16.9 Å². The predicted molar refractivity (Wildman–Crippen MR) is 86.3 cm³/mol. The standard InChI is InChI=1S/C19H20O3/c1-19(2,3)17(20)13-22-16-11-9-15(10-12-16)18(21)14-7-5-4-6-8-14/h4-12H,13H2,1-3H3. The van der Waals surface area contributed by atoms with Gasteiger partial charge in [0, 0.05) is 16.5 Å². The second-order valence-corrected chi connectivity index (χ2v) is 6.18. The molecule has 0 heterocycles. The lowest BCUT2D eigenvalue weighted by atomic mass is 9.91. The van der Waals surface area contributed by atoms with Crippen LogP contribution in [-0.4, -0.2) is 18.2 Å². The lowest BCUT2D eigenvalue weighted by molar-refractivity contribution is -0.128. The first-order valence-corrected chi connectivity index (χ1v) is 7.24. The van der Waals surface area contributed by atoms with Gasteiger partial charge >= 0.3 is 0 Å². The minimum absolute atomic E-state index is 0.0297. The summed E-state index contributed by atoms with van der Waals surface area (Å²) in [6.07, 6.45) is 0. The zero-order valence-electron chi connectivity index (χ0n) is 13.1. The summed E-state index contributed by atoms with van der Waals surface area (Å²) >= 11 is 0. The monoisotopic (exact) mass is 296 g/mol. The number of rotatable bonds is 5. The summed E-state index contributed by atoms with van der Waals surface area (Å²) < 4.78 is 5.47. The number of carbonyl (C=O) groups is 2. The quantitative estimate of drug-likeness (QED) is 0.786. The van der Waals surface area contributed by atoms with E-state index in [0.717, 1.165) is 0 Å².